The van der Waals surface area contributed by atoms with E-state index in [4.69, 9.17) is 9.47 Å². The number of sulfonamides is 1. The molecule has 3 heterocycles. The van der Waals surface area contributed by atoms with Gasteiger partial charge in [-0.1, -0.05) is 11.3 Å². The number of benzene rings is 1. The number of hydrogen-bond acceptors (Lipinski definition) is 7. The summed E-state index contributed by atoms with van der Waals surface area (Å²) in [4.78, 5) is 14.2. The Morgan fingerprint density at radius 1 is 1.07 bits per heavy atom. The molecule has 0 saturated carbocycles. The maximum atomic E-state index is 13.0. The van der Waals surface area contributed by atoms with E-state index in [0.717, 1.165) is 12.1 Å². The number of rotatable bonds is 4. The first-order valence-electron chi connectivity index (χ1n) is 9.22. The summed E-state index contributed by atoms with van der Waals surface area (Å²) < 4.78 is 40.5. The molecule has 0 radical (unpaired) electrons. The maximum absolute atomic E-state index is 13.0. The second-order valence-corrected chi connectivity index (χ2v) is 9.65. The van der Waals surface area contributed by atoms with Crippen molar-refractivity contribution in [2.24, 2.45) is 0 Å². The van der Waals surface area contributed by atoms with Gasteiger partial charge >= 0.3 is 4.87 Å². The van der Waals surface area contributed by atoms with Crippen molar-refractivity contribution in [1.82, 2.24) is 13.8 Å². The van der Waals surface area contributed by atoms with E-state index in [1.165, 1.54) is 15.6 Å². The largest absolute Gasteiger partial charge is 0.490 e. The molecule has 2 aliphatic rings. The third-order valence-electron chi connectivity index (χ3n) is 5.01. The highest BCUT2D eigenvalue weighted by atomic mass is 32.2. The molecule has 1 aromatic heterocycles. The van der Waals surface area contributed by atoms with Gasteiger partial charge in [0, 0.05) is 49.7 Å². The number of aryl methyl sites for hydroxylation is 1. The van der Waals surface area contributed by atoms with Crippen LogP contribution in [0.5, 0.6) is 11.5 Å². The molecule has 2 aliphatic heterocycles. The Balaban J connectivity index is 1.45. The van der Waals surface area contributed by atoms with Gasteiger partial charge in [-0.25, -0.2) is 8.42 Å². The third-order valence-corrected chi connectivity index (χ3v) is 7.78. The molecule has 0 amide bonds. The number of ether oxygens (including phenoxy) is 2. The average molecular weight is 426 g/mol. The Kier molecular flexibility index (Phi) is 5.46. The maximum Gasteiger partial charge on any atom is 0.308 e. The van der Waals surface area contributed by atoms with Gasteiger partial charge in [-0.15, -0.1) is 0 Å². The molecule has 10 heteroatoms. The normalized spacial score (nSPS) is 18.8. The Labute approximate surface area is 168 Å². The highest BCUT2D eigenvalue weighted by Crippen LogP contribution is 2.33. The fourth-order valence-corrected chi connectivity index (χ4v) is 5.51. The second kappa shape index (κ2) is 7.86. The Morgan fingerprint density at radius 3 is 2.46 bits per heavy atom. The highest BCUT2D eigenvalue weighted by Gasteiger charge is 2.30. The zero-order valence-electron chi connectivity index (χ0n) is 15.7. The minimum Gasteiger partial charge on any atom is -0.490 e. The van der Waals surface area contributed by atoms with Crippen LogP contribution < -0.4 is 14.3 Å². The number of aromatic nitrogens is 1. The quantitative estimate of drug-likeness (QED) is 0.736. The monoisotopic (exact) mass is 425 g/mol. The first-order chi connectivity index (χ1) is 13.4. The van der Waals surface area contributed by atoms with Gasteiger partial charge in [0.05, 0.1) is 24.8 Å². The van der Waals surface area contributed by atoms with Gasteiger partial charge in [-0.3, -0.25) is 14.3 Å². The van der Waals surface area contributed by atoms with Crippen LogP contribution in [0.1, 0.15) is 12.1 Å². The lowest BCUT2D eigenvalue weighted by molar-refractivity contribution is 0.150. The van der Waals surface area contributed by atoms with Crippen molar-refractivity contribution < 1.29 is 17.9 Å². The van der Waals surface area contributed by atoms with Crippen LogP contribution in [0.2, 0.25) is 0 Å². The molecule has 4 rings (SSSR count). The van der Waals surface area contributed by atoms with E-state index in [1.807, 2.05) is 12.3 Å². The summed E-state index contributed by atoms with van der Waals surface area (Å²) in [6, 6.07) is 4.79. The molecular formula is C18H23N3O5S2. The fraction of sp³-hybridized carbons (Fsp3) is 0.500. The molecule has 2 aromatic rings. The molecule has 0 aliphatic carbocycles. The summed E-state index contributed by atoms with van der Waals surface area (Å²) in [6.07, 6.45) is 0.769. The zero-order valence-corrected chi connectivity index (χ0v) is 17.3. The van der Waals surface area contributed by atoms with Crippen LogP contribution in [0.3, 0.4) is 0 Å². The SMILES string of the molecule is Cc1csc(=O)n1CN1CCN(S(=O)(=O)c2ccc3c(c2)OCCCO3)CC1. The summed E-state index contributed by atoms with van der Waals surface area (Å²) in [7, 11) is -3.60. The smallest absolute Gasteiger partial charge is 0.308 e. The summed E-state index contributed by atoms with van der Waals surface area (Å²) in [5.41, 5.74) is 0.928. The Bertz CT molecular complexity index is 1010. The van der Waals surface area contributed by atoms with Gasteiger partial charge in [0.1, 0.15) is 0 Å². The number of fused-ring (bicyclic) bond motifs is 1. The van der Waals surface area contributed by atoms with Crippen molar-refractivity contribution in [1.29, 1.82) is 0 Å². The van der Waals surface area contributed by atoms with E-state index in [9.17, 15) is 13.2 Å². The van der Waals surface area contributed by atoms with Crippen molar-refractivity contribution in [3.8, 4) is 11.5 Å². The standard InChI is InChI=1S/C18H23N3O5S2/c1-14-12-27-18(22)21(14)13-19-5-7-20(8-6-19)28(23,24)15-3-4-16-17(11-15)26-10-2-9-25-16/h3-4,11-12H,2,5-10,13H2,1H3. The molecule has 1 saturated heterocycles. The zero-order chi connectivity index (χ0) is 19.7. The minimum absolute atomic E-state index is 0.0137. The second-order valence-electron chi connectivity index (χ2n) is 6.89. The lowest BCUT2D eigenvalue weighted by atomic mass is 10.3. The molecular weight excluding hydrogens is 402 g/mol. The predicted octanol–water partition coefficient (Wildman–Crippen LogP) is 1.34. The van der Waals surface area contributed by atoms with Gasteiger partial charge in [-0.05, 0) is 19.1 Å². The van der Waals surface area contributed by atoms with Gasteiger partial charge in [0.25, 0.3) is 0 Å². The molecule has 0 bridgehead atoms. The van der Waals surface area contributed by atoms with Crippen LogP contribution in [0, 0.1) is 6.92 Å². The number of thiazole rings is 1. The van der Waals surface area contributed by atoms with Gasteiger partial charge < -0.3 is 9.47 Å². The molecule has 1 aromatic carbocycles. The molecule has 8 nitrogen and oxygen atoms in total. The number of nitrogens with zero attached hydrogens (tertiary/aromatic N) is 3. The van der Waals surface area contributed by atoms with Crippen LogP contribution in [-0.4, -0.2) is 61.6 Å². The molecule has 0 spiro atoms. The molecule has 0 unspecified atom stereocenters. The van der Waals surface area contributed by atoms with Gasteiger partial charge in [-0.2, -0.15) is 4.31 Å². The summed E-state index contributed by atoms with van der Waals surface area (Å²) >= 11 is 1.19. The van der Waals surface area contributed by atoms with Crippen molar-refractivity contribution in [3.05, 3.63) is 38.9 Å². The van der Waals surface area contributed by atoms with E-state index in [2.05, 4.69) is 4.90 Å². The number of hydrogen-bond donors (Lipinski definition) is 0. The summed E-state index contributed by atoms with van der Waals surface area (Å²) in [5.74, 6) is 1.06. The van der Waals surface area contributed by atoms with Crippen LogP contribution in [-0.2, 0) is 16.7 Å². The lowest BCUT2D eigenvalue weighted by Crippen LogP contribution is -2.49. The Morgan fingerprint density at radius 2 is 1.79 bits per heavy atom. The first kappa shape index (κ1) is 19.4. The van der Waals surface area contributed by atoms with Crippen LogP contribution >= 0.6 is 11.3 Å². The van der Waals surface area contributed by atoms with Gasteiger partial charge in [0.2, 0.25) is 10.0 Å². The van der Waals surface area contributed by atoms with E-state index in [-0.39, 0.29) is 9.77 Å². The summed E-state index contributed by atoms with van der Waals surface area (Å²) in [5, 5.41) is 1.84. The third kappa shape index (κ3) is 3.82. The summed E-state index contributed by atoms with van der Waals surface area (Å²) in [6.45, 7) is 5.39. The van der Waals surface area contributed by atoms with Gasteiger partial charge in [0.15, 0.2) is 11.5 Å². The van der Waals surface area contributed by atoms with Crippen LogP contribution in [0.15, 0.2) is 33.3 Å². The first-order valence-corrected chi connectivity index (χ1v) is 11.5. The molecule has 0 N–H and O–H groups in total. The molecule has 0 atom stereocenters. The van der Waals surface area contributed by atoms with E-state index in [1.54, 1.807) is 22.8 Å². The topological polar surface area (TPSA) is 81.1 Å². The van der Waals surface area contributed by atoms with E-state index >= 15 is 0 Å². The van der Waals surface area contributed by atoms with E-state index < -0.39 is 10.0 Å². The van der Waals surface area contributed by atoms with Crippen molar-refractivity contribution >= 4 is 21.4 Å². The van der Waals surface area contributed by atoms with Crippen molar-refractivity contribution in [3.63, 3.8) is 0 Å². The molecule has 152 valence electrons. The van der Waals surface area contributed by atoms with E-state index in [0.29, 0.717) is 57.6 Å². The minimum atomic E-state index is -3.60. The molecule has 28 heavy (non-hydrogen) atoms. The highest BCUT2D eigenvalue weighted by molar-refractivity contribution is 7.89. The van der Waals surface area contributed by atoms with Crippen LogP contribution in [0.25, 0.3) is 0 Å². The lowest BCUT2D eigenvalue weighted by Gasteiger charge is -2.34. The predicted molar refractivity (Wildman–Crippen MR) is 106 cm³/mol. The average Bonchev–Trinajstić information content (AvgIpc) is 2.89. The van der Waals surface area contributed by atoms with Crippen molar-refractivity contribution in [2.75, 3.05) is 39.4 Å². The van der Waals surface area contributed by atoms with Crippen molar-refractivity contribution in [2.45, 2.75) is 24.9 Å². The van der Waals surface area contributed by atoms with Crippen LogP contribution in [0.4, 0.5) is 0 Å². The molecule has 1 fully saturated rings. The Hall–Kier alpha value is -1.88. The fourth-order valence-electron chi connectivity index (χ4n) is 3.34. The number of piperazine rings is 1.